The van der Waals surface area contributed by atoms with Gasteiger partial charge in [-0.05, 0) is 21.5 Å². The van der Waals surface area contributed by atoms with Crippen LogP contribution in [-0.2, 0) is 18.6 Å². The lowest BCUT2D eigenvalue weighted by atomic mass is 10.2. The van der Waals surface area contributed by atoms with Crippen molar-refractivity contribution in [2.45, 2.75) is 41.8 Å². The normalized spacial score (nSPS) is 14.3. The van der Waals surface area contributed by atoms with Crippen LogP contribution in [0.5, 0.6) is 0 Å². The molecule has 0 aromatic heterocycles. The van der Waals surface area contributed by atoms with Crippen LogP contribution in [0.4, 0.5) is 0 Å². The third-order valence-corrected chi connectivity index (χ3v) is 10.9. The van der Waals surface area contributed by atoms with Gasteiger partial charge in [0, 0.05) is 7.11 Å². The molecule has 0 saturated carbocycles. The van der Waals surface area contributed by atoms with E-state index in [2.05, 4.69) is 51.6 Å². The quantitative estimate of drug-likeness (QED) is 0.102. The summed E-state index contributed by atoms with van der Waals surface area (Å²) in [5, 5.41) is 10.0. The van der Waals surface area contributed by atoms with Gasteiger partial charge >= 0.3 is 0 Å². The fraction of sp³-hybridized carbons (Fsp3) is 0.400. The lowest BCUT2D eigenvalue weighted by molar-refractivity contribution is -0.112. The molecule has 5 nitrogen and oxygen atoms in total. The summed E-state index contributed by atoms with van der Waals surface area (Å²) in [5.41, 5.74) is 0. The monoisotopic (exact) mass is 543 g/mol. The van der Waals surface area contributed by atoms with Crippen LogP contribution in [0.25, 0.3) is 0 Å². The first-order valence-corrected chi connectivity index (χ1v) is 13.8. The van der Waals surface area contributed by atoms with Crippen molar-refractivity contribution in [2.24, 2.45) is 0 Å². The van der Waals surface area contributed by atoms with Crippen LogP contribution >= 0.6 is 34.8 Å². The fourth-order valence-electron chi connectivity index (χ4n) is 3.84. The summed E-state index contributed by atoms with van der Waals surface area (Å²) >= 11 is 17.5. The van der Waals surface area contributed by atoms with Gasteiger partial charge in [0.25, 0.3) is 12.1 Å². The van der Waals surface area contributed by atoms with Crippen molar-refractivity contribution in [1.82, 2.24) is 0 Å². The van der Waals surface area contributed by atoms with Crippen LogP contribution in [0.1, 0.15) is 20.8 Å². The molecule has 9 heteroatoms. The lowest BCUT2D eigenvalue weighted by Crippen LogP contribution is -2.67. The number of benzene rings is 2. The molecule has 0 aliphatic carbocycles. The molecule has 0 fully saturated rings. The Kier molecular flexibility index (Phi) is 10.6. The molecule has 2 rings (SSSR count). The Bertz CT molecular complexity index is 878. The maximum absolute atomic E-state index is 7.98. The number of ether oxygens (including phenoxy) is 3. The summed E-state index contributed by atoms with van der Waals surface area (Å²) in [5.74, 6) is -0.529. The van der Waals surface area contributed by atoms with Gasteiger partial charge in [0.1, 0.15) is 19.0 Å². The van der Waals surface area contributed by atoms with Gasteiger partial charge in [-0.3, -0.25) is 5.41 Å². The van der Waals surface area contributed by atoms with Crippen LogP contribution in [0.2, 0.25) is 5.04 Å². The number of methoxy groups -OCH3 is 1. The van der Waals surface area contributed by atoms with Crippen molar-refractivity contribution < 1.29 is 18.6 Å². The van der Waals surface area contributed by atoms with E-state index < -0.39 is 30.2 Å². The first-order valence-electron chi connectivity index (χ1n) is 10.8. The largest absolute Gasteiger partial charge is 0.468 e. The van der Waals surface area contributed by atoms with Crippen molar-refractivity contribution in [3.63, 3.8) is 0 Å². The van der Waals surface area contributed by atoms with Gasteiger partial charge in [-0.25, -0.2) is 0 Å². The van der Waals surface area contributed by atoms with E-state index in [1.807, 2.05) is 36.4 Å². The van der Waals surface area contributed by atoms with Crippen LogP contribution in [0.15, 0.2) is 73.3 Å². The highest BCUT2D eigenvalue weighted by Gasteiger charge is 2.50. The van der Waals surface area contributed by atoms with Gasteiger partial charge < -0.3 is 18.6 Å². The van der Waals surface area contributed by atoms with E-state index in [1.165, 1.54) is 13.2 Å². The Morgan fingerprint density at radius 3 is 1.88 bits per heavy atom. The SMILES string of the molecule is C=C[C@@H](OC(=N)C(Cl)(Cl)Cl)[C@H](CO[Si](c1ccccc1)(c1ccccc1)C(C)(C)C)OCOC. The molecule has 0 unspecified atom stereocenters. The Morgan fingerprint density at radius 2 is 1.50 bits per heavy atom. The van der Waals surface area contributed by atoms with Gasteiger partial charge in [-0.2, -0.15) is 0 Å². The van der Waals surface area contributed by atoms with Crippen LogP contribution < -0.4 is 10.4 Å². The van der Waals surface area contributed by atoms with Gasteiger partial charge in [-0.15, -0.1) is 0 Å². The van der Waals surface area contributed by atoms with Crippen molar-refractivity contribution in [2.75, 3.05) is 20.5 Å². The Hall–Kier alpha value is -1.38. The Morgan fingerprint density at radius 1 is 1.00 bits per heavy atom. The molecule has 0 amide bonds. The molecule has 0 radical (unpaired) electrons. The number of halogens is 3. The van der Waals surface area contributed by atoms with Gasteiger partial charge in [0.15, 0.2) is 0 Å². The molecular formula is C25H32Cl3NO4Si. The molecule has 0 aliphatic heterocycles. The van der Waals surface area contributed by atoms with E-state index in [0.29, 0.717) is 0 Å². The van der Waals surface area contributed by atoms with Crippen molar-refractivity contribution in [3.05, 3.63) is 73.3 Å². The van der Waals surface area contributed by atoms with E-state index >= 15 is 0 Å². The second kappa shape index (κ2) is 12.5. The van der Waals surface area contributed by atoms with Gasteiger partial charge in [0.05, 0.1) is 6.61 Å². The average molecular weight is 545 g/mol. The number of alkyl halides is 3. The number of hydrogen-bond donors (Lipinski definition) is 1. The first-order chi connectivity index (χ1) is 16.0. The predicted octanol–water partition coefficient (Wildman–Crippen LogP) is 5.47. The third-order valence-electron chi connectivity index (χ3n) is 5.39. The summed E-state index contributed by atoms with van der Waals surface area (Å²) in [4.78, 5) is 0. The molecule has 34 heavy (non-hydrogen) atoms. The molecule has 0 spiro atoms. The van der Waals surface area contributed by atoms with E-state index in [9.17, 15) is 0 Å². The second-order valence-electron chi connectivity index (χ2n) is 8.73. The highest BCUT2D eigenvalue weighted by atomic mass is 35.6. The minimum absolute atomic E-state index is 0.0103. The fourth-order valence-corrected chi connectivity index (χ4v) is 8.54. The molecule has 0 saturated heterocycles. The van der Waals surface area contributed by atoms with E-state index in [4.69, 9.17) is 58.8 Å². The van der Waals surface area contributed by atoms with Crippen LogP contribution in [0.3, 0.4) is 0 Å². The number of nitrogens with one attached hydrogen (secondary N) is 1. The van der Waals surface area contributed by atoms with Gasteiger partial charge in [-0.1, -0.05) is 123 Å². The topological polar surface area (TPSA) is 60.8 Å². The Labute approximate surface area is 218 Å². The highest BCUT2D eigenvalue weighted by molar-refractivity contribution is 6.99. The summed E-state index contributed by atoms with van der Waals surface area (Å²) in [6, 6.07) is 20.5. The lowest BCUT2D eigenvalue weighted by Gasteiger charge is -2.44. The Balaban J connectivity index is 2.49. The summed E-state index contributed by atoms with van der Waals surface area (Å²) < 4.78 is 21.5. The third kappa shape index (κ3) is 7.07. The minimum Gasteiger partial charge on any atom is -0.468 e. The molecule has 2 aromatic carbocycles. The molecule has 2 atom stereocenters. The van der Waals surface area contributed by atoms with Crippen LogP contribution in [-0.4, -0.2) is 50.7 Å². The van der Waals surface area contributed by atoms with Gasteiger partial charge in [0.2, 0.25) is 5.90 Å². The first kappa shape index (κ1) is 28.9. The maximum atomic E-state index is 7.98. The molecule has 2 aromatic rings. The smallest absolute Gasteiger partial charge is 0.265 e. The van der Waals surface area contributed by atoms with Crippen molar-refractivity contribution in [1.29, 1.82) is 5.41 Å². The molecular weight excluding hydrogens is 513 g/mol. The standard InChI is InChI=1S/C25H32Cl3NO4Si/c1-6-21(33-23(29)25(26,27)28)22(31-18-30-5)17-32-34(24(2,3)4,19-13-9-7-10-14-19)20-15-11-8-12-16-20/h6-16,21-22,29H,1,17-18H2,2-5H3/t21-,22+/m1/s1. The van der Waals surface area contributed by atoms with E-state index in [1.54, 1.807) is 0 Å². The minimum atomic E-state index is -2.83. The van der Waals surface area contributed by atoms with E-state index in [0.717, 1.165) is 10.4 Å². The van der Waals surface area contributed by atoms with Crippen molar-refractivity contribution >= 4 is 59.4 Å². The van der Waals surface area contributed by atoms with Crippen molar-refractivity contribution in [3.8, 4) is 0 Å². The zero-order valence-corrected chi connectivity index (χ0v) is 23.2. The zero-order valence-electron chi connectivity index (χ0n) is 19.9. The van der Waals surface area contributed by atoms with Crippen LogP contribution in [0, 0.1) is 5.41 Å². The summed E-state index contributed by atoms with van der Waals surface area (Å²) in [6.45, 7) is 10.5. The molecule has 0 aliphatic rings. The number of hydrogen-bond acceptors (Lipinski definition) is 5. The predicted molar refractivity (Wildman–Crippen MR) is 143 cm³/mol. The molecule has 1 N–H and O–H groups in total. The summed E-state index contributed by atoms with van der Waals surface area (Å²) in [6.07, 6.45) is 0.0169. The maximum Gasteiger partial charge on any atom is 0.265 e. The van der Waals surface area contributed by atoms with E-state index in [-0.39, 0.29) is 18.4 Å². The zero-order chi connectivity index (χ0) is 25.4. The average Bonchev–Trinajstić information content (AvgIpc) is 2.79. The highest BCUT2D eigenvalue weighted by Crippen LogP contribution is 2.37. The molecule has 0 heterocycles. The molecule has 186 valence electrons. The second-order valence-corrected chi connectivity index (χ2v) is 15.3. The summed E-state index contributed by atoms with van der Waals surface area (Å²) in [7, 11) is -1.31. The molecule has 0 bridgehead atoms. The number of rotatable bonds is 11.